The van der Waals surface area contributed by atoms with Crippen molar-refractivity contribution in [3.8, 4) is 17.2 Å². The monoisotopic (exact) mass is 440 g/mol. The first-order valence-electron chi connectivity index (χ1n) is 7.10. The van der Waals surface area contributed by atoms with Crippen LogP contribution in [-0.2, 0) is 0 Å². The van der Waals surface area contributed by atoms with E-state index in [9.17, 15) is 0 Å². The van der Waals surface area contributed by atoms with Gasteiger partial charge in [0, 0.05) is 17.2 Å². The molecule has 0 unspecified atom stereocenters. The van der Waals surface area contributed by atoms with E-state index in [0.29, 0.717) is 38.9 Å². The van der Waals surface area contributed by atoms with Crippen LogP contribution >= 0.6 is 58.0 Å². The molecule has 0 radical (unpaired) electrons. The molecular formula is C17H13Cl5O3. The third kappa shape index (κ3) is 7.04. The van der Waals surface area contributed by atoms with E-state index in [2.05, 4.69) is 0 Å². The molecule has 0 bridgehead atoms. The second-order valence-corrected chi connectivity index (χ2v) is 6.93. The van der Waals surface area contributed by atoms with Crippen LogP contribution < -0.4 is 14.2 Å². The average molecular weight is 443 g/mol. The maximum absolute atomic E-state index is 6.18. The minimum atomic E-state index is 0.123. The first kappa shape index (κ1) is 20.3. The quantitative estimate of drug-likeness (QED) is 0.421. The van der Waals surface area contributed by atoms with Crippen LogP contribution in [0, 0.1) is 0 Å². The van der Waals surface area contributed by atoms with Gasteiger partial charge in [-0.25, -0.2) is 0 Å². The maximum Gasteiger partial charge on any atom is 0.156 e. The van der Waals surface area contributed by atoms with E-state index in [-0.39, 0.29) is 17.7 Å². The molecule has 8 heteroatoms. The fourth-order valence-electron chi connectivity index (χ4n) is 1.79. The van der Waals surface area contributed by atoms with Gasteiger partial charge in [-0.05, 0) is 30.3 Å². The molecule has 0 saturated carbocycles. The molecular weight excluding hydrogens is 429 g/mol. The molecule has 2 aromatic carbocycles. The van der Waals surface area contributed by atoms with Crippen LogP contribution in [0.25, 0.3) is 0 Å². The standard InChI is InChI=1S/C17H13Cl5O3/c18-11-1-3-12(4-2-11)24-7-8-25-17-14(19)9-13(10-15(17)20)23-6-5-16(21)22/h1-5,9-10H,6-8H2. The van der Waals surface area contributed by atoms with Gasteiger partial charge in [0.25, 0.3) is 0 Å². The highest BCUT2D eigenvalue weighted by atomic mass is 35.5. The van der Waals surface area contributed by atoms with Crippen molar-refractivity contribution in [2.24, 2.45) is 0 Å². The molecule has 2 rings (SSSR count). The molecule has 25 heavy (non-hydrogen) atoms. The Morgan fingerprint density at radius 3 is 2.00 bits per heavy atom. The van der Waals surface area contributed by atoms with Crippen LogP contribution in [0.3, 0.4) is 0 Å². The molecule has 0 aromatic heterocycles. The largest absolute Gasteiger partial charge is 0.490 e. The Kier molecular flexibility index (Phi) is 8.34. The molecule has 0 N–H and O–H groups in total. The van der Waals surface area contributed by atoms with Gasteiger partial charge >= 0.3 is 0 Å². The lowest BCUT2D eigenvalue weighted by molar-refractivity contribution is 0.217. The summed E-state index contributed by atoms with van der Waals surface area (Å²) in [5, 5.41) is 1.30. The highest BCUT2D eigenvalue weighted by molar-refractivity contribution is 6.55. The Labute approximate surface area is 170 Å². The van der Waals surface area contributed by atoms with E-state index < -0.39 is 0 Å². The number of halogens is 5. The van der Waals surface area contributed by atoms with Crippen molar-refractivity contribution in [1.82, 2.24) is 0 Å². The van der Waals surface area contributed by atoms with Crippen molar-refractivity contribution < 1.29 is 14.2 Å². The minimum absolute atomic E-state index is 0.123. The van der Waals surface area contributed by atoms with Crippen LogP contribution in [0.5, 0.6) is 17.2 Å². The van der Waals surface area contributed by atoms with Crippen molar-refractivity contribution in [3.05, 3.63) is 62.0 Å². The summed E-state index contributed by atoms with van der Waals surface area (Å²) in [6.07, 6.45) is 1.50. The van der Waals surface area contributed by atoms with E-state index in [1.165, 1.54) is 6.08 Å². The molecule has 0 fully saturated rings. The zero-order valence-electron chi connectivity index (χ0n) is 12.8. The Balaban J connectivity index is 1.86. The predicted octanol–water partition coefficient (Wildman–Crippen LogP) is 6.80. The van der Waals surface area contributed by atoms with E-state index in [0.717, 1.165) is 0 Å². The van der Waals surface area contributed by atoms with Gasteiger partial charge in [0.1, 0.15) is 35.8 Å². The Morgan fingerprint density at radius 2 is 1.40 bits per heavy atom. The van der Waals surface area contributed by atoms with Crippen LogP contribution in [-0.4, -0.2) is 19.8 Å². The van der Waals surface area contributed by atoms with Crippen LogP contribution in [0.2, 0.25) is 15.1 Å². The SMILES string of the molecule is ClC(Cl)=CCOc1cc(Cl)c(OCCOc2ccc(Cl)cc2)c(Cl)c1. The Hall–Kier alpha value is -0.970. The van der Waals surface area contributed by atoms with Gasteiger partial charge < -0.3 is 14.2 Å². The summed E-state index contributed by atoms with van der Waals surface area (Å²) in [5.74, 6) is 1.53. The van der Waals surface area contributed by atoms with Gasteiger partial charge in [-0.3, -0.25) is 0 Å². The second kappa shape index (κ2) is 10.2. The van der Waals surface area contributed by atoms with Crippen molar-refractivity contribution in [2.75, 3.05) is 19.8 Å². The summed E-state index contributed by atoms with van der Waals surface area (Å²) in [6, 6.07) is 10.2. The van der Waals surface area contributed by atoms with Crippen molar-refractivity contribution >= 4 is 58.0 Å². The summed E-state index contributed by atoms with van der Waals surface area (Å²) >= 11 is 29.2. The summed E-state index contributed by atoms with van der Waals surface area (Å²) in [6.45, 7) is 0.794. The van der Waals surface area contributed by atoms with E-state index in [1.807, 2.05) is 0 Å². The molecule has 3 nitrogen and oxygen atoms in total. The molecule has 0 saturated heterocycles. The van der Waals surface area contributed by atoms with E-state index >= 15 is 0 Å². The van der Waals surface area contributed by atoms with Gasteiger partial charge in [-0.15, -0.1) is 0 Å². The highest BCUT2D eigenvalue weighted by Gasteiger charge is 2.10. The predicted molar refractivity (Wildman–Crippen MR) is 104 cm³/mol. The smallest absolute Gasteiger partial charge is 0.156 e. The Morgan fingerprint density at radius 1 is 0.800 bits per heavy atom. The first-order chi connectivity index (χ1) is 12.0. The molecule has 2 aromatic rings. The summed E-state index contributed by atoms with van der Waals surface area (Å²) in [7, 11) is 0. The molecule has 0 aliphatic heterocycles. The molecule has 134 valence electrons. The summed E-state index contributed by atoms with van der Waals surface area (Å²) in [4.78, 5) is 0. The maximum atomic E-state index is 6.18. The van der Waals surface area contributed by atoms with Crippen molar-refractivity contribution in [2.45, 2.75) is 0 Å². The lowest BCUT2D eigenvalue weighted by Gasteiger charge is -2.13. The molecule has 0 aliphatic carbocycles. The zero-order chi connectivity index (χ0) is 18.2. The van der Waals surface area contributed by atoms with Crippen LogP contribution in [0.4, 0.5) is 0 Å². The number of ether oxygens (including phenoxy) is 3. The van der Waals surface area contributed by atoms with Crippen molar-refractivity contribution in [1.29, 1.82) is 0 Å². The average Bonchev–Trinajstić information content (AvgIpc) is 2.55. The third-order valence-corrected chi connectivity index (χ3v) is 3.99. The molecule has 0 spiro atoms. The number of hydrogen-bond acceptors (Lipinski definition) is 3. The number of benzene rings is 2. The fraction of sp³-hybridized carbons (Fsp3) is 0.176. The number of rotatable bonds is 8. The second-order valence-electron chi connectivity index (χ2n) is 4.67. The molecule has 0 aliphatic rings. The molecule has 0 atom stereocenters. The van der Waals surface area contributed by atoms with Crippen LogP contribution in [0.1, 0.15) is 0 Å². The van der Waals surface area contributed by atoms with Crippen LogP contribution in [0.15, 0.2) is 47.0 Å². The summed E-state index contributed by atoms with van der Waals surface area (Å²) < 4.78 is 16.7. The normalized spacial score (nSPS) is 10.3. The van der Waals surface area contributed by atoms with Gasteiger partial charge in [0.2, 0.25) is 0 Å². The summed E-state index contributed by atoms with van der Waals surface area (Å²) in [5.41, 5.74) is 0. The first-order valence-corrected chi connectivity index (χ1v) is 8.99. The number of hydrogen-bond donors (Lipinski definition) is 0. The zero-order valence-corrected chi connectivity index (χ0v) is 16.6. The molecule has 0 amide bonds. The lowest BCUT2D eigenvalue weighted by atomic mass is 10.3. The Bertz CT molecular complexity index is 705. The molecule has 0 heterocycles. The van der Waals surface area contributed by atoms with Gasteiger partial charge in [-0.2, -0.15) is 0 Å². The third-order valence-electron chi connectivity index (χ3n) is 2.87. The van der Waals surface area contributed by atoms with Gasteiger partial charge in [-0.1, -0.05) is 58.0 Å². The van der Waals surface area contributed by atoms with E-state index in [1.54, 1.807) is 36.4 Å². The topological polar surface area (TPSA) is 27.7 Å². The van der Waals surface area contributed by atoms with Gasteiger partial charge in [0.05, 0.1) is 10.0 Å². The fourth-order valence-corrected chi connectivity index (χ4v) is 2.62. The van der Waals surface area contributed by atoms with Crippen molar-refractivity contribution in [3.63, 3.8) is 0 Å². The lowest BCUT2D eigenvalue weighted by Crippen LogP contribution is -2.09. The minimum Gasteiger partial charge on any atom is -0.490 e. The van der Waals surface area contributed by atoms with Gasteiger partial charge in [0.15, 0.2) is 5.75 Å². The van der Waals surface area contributed by atoms with E-state index in [4.69, 9.17) is 72.2 Å². The highest BCUT2D eigenvalue weighted by Crippen LogP contribution is 2.37.